The Morgan fingerprint density at radius 1 is 1.21 bits per heavy atom. The van der Waals surface area contributed by atoms with Gasteiger partial charge in [0.1, 0.15) is 5.69 Å². The number of rotatable bonds is 4. The summed E-state index contributed by atoms with van der Waals surface area (Å²) in [5, 5.41) is 16.8. The van der Waals surface area contributed by atoms with Gasteiger partial charge in [0.25, 0.3) is 18.3 Å². The van der Waals surface area contributed by atoms with Gasteiger partial charge < -0.3 is 15.3 Å². The lowest BCUT2D eigenvalue weighted by molar-refractivity contribution is -0.122. The number of piperidine rings is 3. The minimum atomic E-state index is -0.250. The summed E-state index contributed by atoms with van der Waals surface area (Å²) in [7, 11) is 0. The molecule has 0 spiro atoms. The number of aromatic amines is 1. The van der Waals surface area contributed by atoms with Crippen LogP contribution in [0.3, 0.4) is 0 Å². The zero-order chi connectivity index (χ0) is 23.2. The first-order valence-corrected chi connectivity index (χ1v) is 11.4. The van der Waals surface area contributed by atoms with Crippen molar-refractivity contribution >= 4 is 18.3 Å². The van der Waals surface area contributed by atoms with Gasteiger partial charge in [0.15, 0.2) is 0 Å². The zero-order valence-corrected chi connectivity index (χ0v) is 18.5. The van der Waals surface area contributed by atoms with Crippen molar-refractivity contribution < 1.29 is 19.5 Å². The fourth-order valence-corrected chi connectivity index (χ4v) is 5.70. The third kappa shape index (κ3) is 5.05. The van der Waals surface area contributed by atoms with Gasteiger partial charge >= 0.3 is 0 Å². The minimum Gasteiger partial charge on any atom is -0.483 e. The van der Waals surface area contributed by atoms with Crippen LogP contribution < -0.4 is 5.32 Å². The van der Waals surface area contributed by atoms with Crippen molar-refractivity contribution in [1.82, 2.24) is 30.3 Å². The maximum atomic E-state index is 13.0. The number of hydrogen-bond acceptors (Lipinski definition) is 6. The molecule has 10 nitrogen and oxygen atoms in total. The number of fused-ring (bicyclic) bond motifs is 4. The Morgan fingerprint density at radius 3 is 2.76 bits per heavy atom. The molecule has 3 N–H and O–H groups in total. The monoisotopic (exact) mass is 454 g/mol. The molecule has 2 aromatic rings. The molecule has 5 rings (SSSR count). The lowest BCUT2D eigenvalue weighted by Crippen LogP contribution is -2.66. The molecule has 0 aliphatic carbocycles. The van der Waals surface area contributed by atoms with E-state index < -0.39 is 0 Å². The molecule has 10 heteroatoms. The van der Waals surface area contributed by atoms with Gasteiger partial charge in [-0.25, -0.2) is 0 Å². The van der Waals surface area contributed by atoms with E-state index in [1.54, 1.807) is 36.8 Å². The molecule has 4 atom stereocenters. The quantitative estimate of drug-likeness (QED) is 0.593. The Morgan fingerprint density at radius 2 is 2.03 bits per heavy atom. The average molecular weight is 455 g/mol. The first-order valence-electron chi connectivity index (χ1n) is 11.4. The van der Waals surface area contributed by atoms with Crippen LogP contribution in [0.15, 0.2) is 36.8 Å². The van der Waals surface area contributed by atoms with E-state index in [4.69, 9.17) is 9.90 Å². The predicted molar refractivity (Wildman–Crippen MR) is 119 cm³/mol. The molecule has 33 heavy (non-hydrogen) atoms. The smallest absolute Gasteiger partial charge is 0.290 e. The molecule has 2 aromatic heterocycles. The number of carbonyl (C=O) groups is 3. The van der Waals surface area contributed by atoms with Crippen LogP contribution in [0.25, 0.3) is 0 Å². The van der Waals surface area contributed by atoms with Gasteiger partial charge in [-0.05, 0) is 55.8 Å². The number of likely N-dealkylation sites (tertiary alicyclic amines) is 1. The van der Waals surface area contributed by atoms with Crippen LogP contribution in [0.5, 0.6) is 0 Å². The summed E-state index contributed by atoms with van der Waals surface area (Å²) in [4.78, 5) is 42.6. The van der Waals surface area contributed by atoms with E-state index in [2.05, 4.69) is 25.4 Å². The van der Waals surface area contributed by atoms with Crippen LogP contribution in [-0.2, 0) is 4.79 Å². The second kappa shape index (κ2) is 10.6. The summed E-state index contributed by atoms with van der Waals surface area (Å²) in [6.07, 6.45) is 9.64. The maximum Gasteiger partial charge on any atom is 0.290 e. The number of H-pyrrole nitrogens is 1. The number of amides is 2. The number of carboxylic acid groups (broad SMARTS) is 1. The second-order valence-corrected chi connectivity index (χ2v) is 8.86. The Labute approximate surface area is 192 Å². The van der Waals surface area contributed by atoms with Gasteiger partial charge in [0.2, 0.25) is 0 Å². The number of carbonyl (C=O) groups excluding carboxylic acids is 2. The zero-order valence-electron chi connectivity index (χ0n) is 18.5. The molecule has 0 aromatic carbocycles. The molecule has 5 heterocycles. The Hall–Kier alpha value is -3.27. The van der Waals surface area contributed by atoms with Crippen LogP contribution in [0.2, 0.25) is 0 Å². The first-order chi connectivity index (χ1) is 16.1. The molecule has 2 amide bonds. The van der Waals surface area contributed by atoms with Crippen LogP contribution >= 0.6 is 0 Å². The van der Waals surface area contributed by atoms with E-state index >= 15 is 0 Å². The summed E-state index contributed by atoms with van der Waals surface area (Å²) in [5.74, 6) is 0.810. The summed E-state index contributed by atoms with van der Waals surface area (Å²) >= 11 is 0. The molecule has 0 unspecified atom stereocenters. The Bertz CT molecular complexity index is 938. The van der Waals surface area contributed by atoms with E-state index in [-0.39, 0.29) is 24.3 Å². The minimum absolute atomic E-state index is 0.0320. The third-order valence-electron chi connectivity index (χ3n) is 7.04. The van der Waals surface area contributed by atoms with Gasteiger partial charge in [-0.2, -0.15) is 5.10 Å². The van der Waals surface area contributed by atoms with Crippen molar-refractivity contribution in [3.63, 3.8) is 0 Å². The van der Waals surface area contributed by atoms with Crippen LogP contribution in [0.4, 0.5) is 0 Å². The molecule has 0 radical (unpaired) electrons. The summed E-state index contributed by atoms with van der Waals surface area (Å²) < 4.78 is 0. The molecule has 0 saturated carbocycles. The normalized spacial score (nSPS) is 26.4. The van der Waals surface area contributed by atoms with Gasteiger partial charge in [0.05, 0.1) is 5.56 Å². The largest absolute Gasteiger partial charge is 0.483 e. The van der Waals surface area contributed by atoms with E-state index in [1.165, 1.54) is 19.3 Å². The molecular weight excluding hydrogens is 424 g/mol. The van der Waals surface area contributed by atoms with Crippen LogP contribution in [0.1, 0.15) is 46.5 Å². The number of pyridine rings is 1. The SMILES string of the molecule is O=C(NC[C@H]1[C@H]2C[C@H](CN(C(=O)c3ccn[nH]3)C2)[C@@H]2CCCCN21)c1cccnc1.O=CO. The molecular formula is C23H30N6O4. The van der Waals surface area contributed by atoms with Gasteiger partial charge in [-0.3, -0.25) is 29.4 Å². The van der Waals surface area contributed by atoms with Crippen molar-refractivity contribution in [2.24, 2.45) is 11.8 Å². The highest BCUT2D eigenvalue weighted by atomic mass is 16.3. The highest BCUT2D eigenvalue weighted by molar-refractivity contribution is 5.94. The summed E-state index contributed by atoms with van der Waals surface area (Å²) in [6, 6.07) is 6.05. The molecule has 3 saturated heterocycles. The summed E-state index contributed by atoms with van der Waals surface area (Å²) in [6.45, 7) is 2.97. The molecule has 176 valence electrons. The van der Waals surface area contributed by atoms with E-state index in [0.717, 1.165) is 26.1 Å². The fourth-order valence-electron chi connectivity index (χ4n) is 5.70. The van der Waals surface area contributed by atoms with Crippen molar-refractivity contribution in [3.8, 4) is 0 Å². The number of nitrogens with zero attached hydrogens (tertiary/aromatic N) is 4. The molecule has 2 bridgehead atoms. The first kappa shape index (κ1) is 22.9. The van der Waals surface area contributed by atoms with Gasteiger partial charge in [-0.15, -0.1) is 0 Å². The van der Waals surface area contributed by atoms with Crippen molar-refractivity contribution in [3.05, 3.63) is 48.0 Å². The highest BCUT2D eigenvalue weighted by Gasteiger charge is 2.48. The van der Waals surface area contributed by atoms with Gasteiger partial charge in [-0.1, -0.05) is 6.42 Å². The standard InChI is InChI=1S/C22H28N6O2.CH2O2/c29-21(15-4-3-7-23-11-15)24-12-20-17-10-16(19-5-1-2-9-28(19)20)13-27(14-17)22(30)18-6-8-25-26-18;2-1-3/h3-4,6-8,11,16-17,19-20H,1-2,5,9-10,12-14H2,(H,24,29)(H,25,26);1H,(H,2,3)/t16-,17+,19+,20+;/m1./s1. The maximum absolute atomic E-state index is 13.0. The van der Waals surface area contributed by atoms with Crippen molar-refractivity contribution in [2.45, 2.75) is 37.8 Å². The van der Waals surface area contributed by atoms with E-state index in [1.807, 2.05) is 4.90 Å². The van der Waals surface area contributed by atoms with Gasteiger partial charge in [0, 0.05) is 50.3 Å². The lowest BCUT2D eigenvalue weighted by atomic mass is 9.72. The van der Waals surface area contributed by atoms with E-state index in [0.29, 0.717) is 35.7 Å². The topological polar surface area (TPSA) is 132 Å². The number of nitrogens with one attached hydrogen (secondary N) is 2. The van der Waals surface area contributed by atoms with Crippen molar-refractivity contribution in [2.75, 3.05) is 26.2 Å². The number of aromatic nitrogens is 3. The predicted octanol–water partition coefficient (Wildman–Crippen LogP) is 1.25. The van der Waals surface area contributed by atoms with Crippen LogP contribution in [-0.4, -0.2) is 86.6 Å². The second-order valence-electron chi connectivity index (χ2n) is 8.86. The Balaban J connectivity index is 0.000000821. The molecule has 3 aliphatic rings. The Kier molecular flexibility index (Phi) is 7.33. The molecule has 3 fully saturated rings. The number of hydrogen-bond donors (Lipinski definition) is 3. The highest BCUT2D eigenvalue weighted by Crippen LogP contribution is 2.41. The fraction of sp³-hybridized carbons (Fsp3) is 0.522. The average Bonchev–Trinajstić information content (AvgIpc) is 3.39. The molecule has 3 aliphatic heterocycles. The third-order valence-corrected chi connectivity index (χ3v) is 7.04. The lowest BCUT2D eigenvalue weighted by Gasteiger charge is -2.56. The summed E-state index contributed by atoms with van der Waals surface area (Å²) in [5.41, 5.74) is 1.14. The van der Waals surface area contributed by atoms with E-state index in [9.17, 15) is 9.59 Å². The van der Waals surface area contributed by atoms with Crippen LogP contribution in [0, 0.1) is 11.8 Å². The van der Waals surface area contributed by atoms with Crippen molar-refractivity contribution in [1.29, 1.82) is 0 Å².